The van der Waals surface area contributed by atoms with Gasteiger partial charge >= 0.3 is 12.1 Å². The highest BCUT2D eigenvalue weighted by Gasteiger charge is 2.19. The van der Waals surface area contributed by atoms with Gasteiger partial charge in [0.05, 0.1) is 5.56 Å². The summed E-state index contributed by atoms with van der Waals surface area (Å²) in [5.41, 5.74) is 1.80. The van der Waals surface area contributed by atoms with E-state index in [1.807, 2.05) is 37.3 Å². The first kappa shape index (κ1) is 16.0. The van der Waals surface area contributed by atoms with Crippen molar-refractivity contribution >= 4 is 23.4 Å². The molecular formula is C16H17NO4S. The van der Waals surface area contributed by atoms with Crippen LogP contribution in [0.3, 0.4) is 0 Å². The van der Waals surface area contributed by atoms with Crippen molar-refractivity contribution in [2.75, 3.05) is 0 Å². The number of carboxylic acid groups (broad SMARTS) is 1. The second kappa shape index (κ2) is 7.09. The Balaban J connectivity index is 1.93. The van der Waals surface area contributed by atoms with Crippen molar-refractivity contribution in [2.45, 2.75) is 27.0 Å². The minimum Gasteiger partial charge on any atom is -0.478 e. The smallest absolute Gasteiger partial charge is 0.407 e. The van der Waals surface area contributed by atoms with Crippen LogP contribution in [0.15, 0.2) is 30.3 Å². The van der Waals surface area contributed by atoms with Crippen LogP contribution in [0.25, 0.3) is 0 Å². The number of amides is 1. The summed E-state index contributed by atoms with van der Waals surface area (Å²) in [7, 11) is 0. The lowest BCUT2D eigenvalue weighted by molar-refractivity contribution is 0.0695. The second-order valence-corrected chi connectivity index (χ2v) is 6.22. The van der Waals surface area contributed by atoms with Gasteiger partial charge in [0.1, 0.15) is 6.61 Å². The van der Waals surface area contributed by atoms with Crippen LogP contribution in [-0.4, -0.2) is 17.2 Å². The van der Waals surface area contributed by atoms with Gasteiger partial charge < -0.3 is 15.2 Å². The number of ether oxygens (including phenoxy) is 1. The van der Waals surface area contributed by atoms with E-state index in [0.717, 1.165) is 15.3 Å². The average Bonchev–Trinajstić information content (AvgIpc) is 2.78. The normalized spacial score (nSPS) is 10.3. The van der Waals surface area contributed by atoms with Gasteiger partial charge in [-0.3, -0.25) is 0 Å². The number of carbonyl (C=O) groups is 2. The maximum Gasteiger partial charge on any atom is 0.407 e. The van der Waals surface area contributed by atoms with Gasteiger partial charge in [0, 0.05) is 16.3 Å². The van der Waals surface area contributed by atoms with Crippen molar-refractivity contribution in [1.29, 1.82) is 0 Å². The topological polar surface area (TPSA) is 75.6 Å². The Kier molecular flexibility index (Phi) is 5.16. The van der Waals surface area contributed by atoms with Crippen molar-refractivity contribution in [3.63, 3.8) is 0 Å². The van der Waals surface area contributed by atoms with E-state index in [1.165, 1.54) is 11.3 Å². The van der Waals surface area contributed by atoms with Crippen molar-refractivity contribution < 1.29 is 19.4 Å². The molecule has 1 aromatic heterocycles. The fourth-order valence-electron chi connectivity index (χ4n) is 2.16. The quantitative estimate of drug-likeness (QED) is 0.884. The number of thiophene rings is 1. The van der Waals surface area contributed by atoms with E-state index < -0.39 is 12.1 Å². The summed E-state index contributed by atoms with van der Waals surface area (Å²) in [6.45, 7) is 3.93. The maximum absolute atomic E-state index is 11.7. The molecule has 0 unspecified atom stereocenters. The Morgan fingerprint density at radius 1 is 1.18 bits per heavy atom. The molecule has 116 valence electrons. The monoisotopic (exact) mass is 319 g/mol. The summed E-state index contributed by atoms with van der Waals surface area (Å²) in [5.74, 6) is -0.976. The third kappa shape index (κ3) is 3.85. The zero-order valence-electron chi connectivity index (χ0n) is 12.4. The Hall–Kier alpha value is -2.34. The van der Waals surface area contributed by atoms with Gasteiger partial charge in [-0.1, -0.05) is 30.3 Å². The molecule has 0 saturated carbocycles. The zero-order valence-corrected chi connectivity index (χ0v) is 13.2. The predicted octanol–water partition coefficient (Wildman–Crippen LogP) is 3.49. The largest absolute Gasteiger partial charge is 0.478 e. The molecule has 1 aromatic carbocycles. The van der Waals surface area contributed by atoms with Crippen molar-refractivity contribution in [1.82, 2.24) is 5.32 Å². The molecule has 22 heavy (non-hydrogen) atoms. The number of aryl methyl sites for hydroxylation is 2. The first-order chi connectivity index (χ1) is 10.5. The lowest BCUT2D eigenvalue weighted by atomic mass is 10.1. The van der Waals surface area contributed by atoms with Crippen LogP contribution in [-0.2, 0) is 17.9 Å². The first-order valence-electron chi connectivity index (χ1n) is 6.75. The molecule has 2 N–H and O–H groups in total. The van der Waals surface area contributed by atoms with E-state index in [4.69, 9.17) is 4.74 Å². The summed E-state index contributed by atoms with van der Waals surface area (Å²) in [5, 5.41) is 11.8. The number of nitrogens with one attached hydrogen (secondary N) is 1. The SMILES string of the molecule is Cc1sc(C)c(C(=O)O)c1CNC(=O)OCc1ccccc1. The highest BCUT2D eigenvalue weighted by Crippen LogP contribution is 2.27. The van der Waals surface area contributed by atoms with Gasteiger partial charge in [-0.2, -0.15) is 0 Å². The highest BCUT2D eigenvalue weighted by molar-refractivity contribution is 7.12. The number of rotatable bonds is 5. The molecule has 2 rings (SSSR count). The van der Waals surface area contributed by atoms with E-state index in [-0.39, 0.29) is 18.7 Å². The van der Waals surface area contributed by atoms with E-state index in [2.05, 4.69) is 5.32 Å². The zero-order chi connectivity index (χ0) is 16.1. The minimum atomic E-state index is -0.976. The van der Waals surface area contributed by atoms with Crippen LogP contribution in [0.1, 0.15) is 31.2 Å². The summed E-state index contributed by atoms with van der Waals surface area (Å²) < 4.78 is 5.10. The molecule has 0 aliphatic carbocycles. The van der Waals surface area contributed by atoms with Crippen LogP contribution in [0.2, 0.25) is 0 Å². The number of benzene rings is 1. The van der Waals surface area contributed by atoms with Crippen LogP contribution in [0, 0.1) is 13.8 Å². The summed E-state index contributed by atoms with van der Waals surface area (Å²) >= 11 is 1.41. The number of hydrogen-bond acceptors (Lipinski definition) is 4. The fourth-order valence-corrected chi connectivity index (χ4v) is 3.23. The third-order valence-corrected chi connectivity index (χ3v) is 4.28. The van der Waals surface area contributed by atoms with Gasteiger partial charge in [-0.05, 0) is 25.0 Å². The molecule has 0 atom stereocenters. The van der Waals surface area contributed by atoms with Crippen LogP contribution >= 0.6 is 11.3 Å². The van der Waals surface area contributed by atoms with Gasteiger partial charge in [0.25, 0.3) is 0 Å². The van der Waals surface area contributed by atoms with E-state index in [9.17, 15) is 14.7 Å². The molecule has 0 saturated heterocycles. The van der Waals surface area contributed by atoms with Crippen molar-refractivity contribution in [3.8, 4) is 0 Å². The number of alkyl carbamates (subject to hydrolysis) is 1. The van der Waals surface area contributed by atoms with Crippen molar-refractivity contribution in [2.24, 2.45) is 0 Å². The van der Waals surface area contributed by atoms with E-state index >= 15 is 0 Å². The molecule has 1 amide bonds. The molecule has 0 aliphatic heterocycles. The molecule has 0 radical (unpaired) electrons. The lowest BCUT2D eigenvalue weighted by Gasteiger charge is -2.08. The Morgan fingerprint density at radius 3 is 2.50 bits per heavy atom. The first-order valence-corrected chi connectivity index (χ1v) is 7.57. The Morgan fingerprint density at radius 2 is 1.86 bits per heavy atom. The van der Waals surface area contributed by atoms with E-state index in [1.54, 1.807) is 6.92 Å². The molecule has 0 spiro atoms. The van der Waals surface area contributed by atoms with Crippen molar-refractivity contribution in [3.05, 3.63) is 56.8 Å². The number of carboxylic acids is 1. The number of carbonyl (C=O) groups excluding carboxylic acids is 1. The van der Waals surface area contributed by atoms with Crippen LogP contribution in [0.4, 0.5) is 4.79 Å². The second-order valence-electron chi connectivity index (χ2n) is 4.79. The molecule has 0 bridgehead atoms. The van der Waals surface area contributed by atoms with Gasteiger partial charge in [0.2, 0.25) is 0 Å². The third-order valence-electron chi connectivity index (χ3n) is 3.22. The standard InChI is InChI=1S/C16H17NO4S/c1-10-13(14(15(18)19)11(2)22-10)8-17-16(20)21-9-12-6-4-3-5-7-12/h3-7H,8-9H2,1-2H3,(H,17,20)(H,18,19). The molecule has 6 heteroatoms. The fraction of sp³-hybridized carbons (Fsp3) is 0.250. The van der Waals surface area contributed by atoms with E-state index in [0.29, 0.717) is 5.56 Å². The molecule has 2 aromatic rings. The molecule has 0 fully saturated rings. The Labute approximate surface area is 132 Å². The van der Waals surface area contributed by atoms with Gasteiger partial charge in [0.15, 0.2) is 0 Å². The van der Waals surface area contributed by atoms with Crippen LogP contribution in [0.5, 0.6) is 0 Å². The molecule has 1 heterocycles. The summed E-state index contributed by atoms with van der Waals surface area (Å²) in [4.78, 5) is 24.6. The highest BCUT2D eigenvalue weighted by atomic mass is 32.1. The minimum absolute atomic E-state index is 0.144. The maximum atomic E-state index is 11.7. The Bertz CT molecular complexity index is 679. The number of hydrogen-bond donors (Lipinski definition) is 2. The molecule has 0 aliphatic rings. The number of aromatic carboxylic acids is 1. The predicted molar refractivity (Wildman–Crippen MR) is 84.2 cm³/mol. The lowest BCUT2D eigenvalue weighted by Crippen LogP contribution is -2.24. The molecular weight excluding hydrogens is 302 g/mol. The summed E-state index contributed by atoms with van der Waals surface area (Å²) in [6, 6.07) is 9.35. The molecule has 5 nitrogen and oxygen atoms in total. The summed E-state index contributed by atoms with van der Waals surface area (Å²) in [6.07, 6.45) is -0.566. The average molecular weight is 319 g/mol. The van der Waals surface area contributed by atoms with Crippen LogP contribution < -0.4 is 5.32 Å². The van der Waals surface area contributed by atoms with Gasteiger partial charge in [-0.25, -0.2) is 9.59 Å². The van der Waals surface area contributed by atoms with Gasteiger partial charge in [-0.15, -0.1) is 11.3 Å².